The van der Waals surface area contributed by atoms with Gasteiger partial charge in [0.1, 0.15) is 5.82 Å². The van der Waals surface area contributed by atoms with Crippen LogP contribution in [0.5, 0.6) is 0 Å². The Bertz CT molecular complexity index is 657. The number of nitrogens with one attached hydrogen (secondary N) is 1. The first-order valence-corrected chi connectivity index (χ1v) is 10.2. The highest BCUT2D eigenvalue weighted by molar-refractivity contribution is 7.09. The Hall–Kier alpha value is -1.95. The molecule has 1 aromatic heterocycles. The van der Waals surface area contributed by atoms with E-state index in [4.69, 9.17) is 4.98 Å². The number of hydrogen-bond acceptors (Lipinski definition) is 5. The standard InChI is InChI=1S/C20H30N4OS/c1-4-5-12-21-19(25)11-13-24(15-16(2)3)20-22-18(23-26-20)14-17-9-7-6-8-10-17/h6-10,16H,4-5,11-15H2,1-3H3,(H,21,25). The van der Waals surface area contributed by atoms with E-state index < -0.39 is 0 Å². The molecule has 0 aliphatic heterocycles. The van der Waals surface area contributed by atoms with Gasteiger partial charge in [-0.15, -0.1) is 0 Å². The number of carbonyl (C=O) groups excluding carboxylic acids is 1. The summed E-state index contributed by atoms with van der Waals surface area (Å²) < 4.78 is 4.52. The van der Waals surface area contributed by atoms with E-state index in [0.717, 1.165) is 43.3 Å². The van der Waals surface area contributed by atoms with E-state index in [1.807, 2.05) is 18.2 Å². The van der Waals surface area contributed by atoms with Crippen LogP contribution in [0.3, 0.4) is 0 Å². The third kappa shape index (κ3) is 7.12. The van der Waals surface area contributed by atoms with E-state index in [0.29, 0.717) is 18.9 Å². The van der Waals surface area contributed by atoms with Gasteiger partial charge in [0.15, 0.2) is 0 Å². The van der Waals surface area contributed by atoms with Gasteiger partial charge in [0, 0.05) is 44.0 Å². The molecule has 0 aliphatic carbocycles. The van der Waals surface area contributed by atoms with Crippen LogP contribution in [0.4, 0.5) is 5.13 Å². The molecular formula is C20H30N4OS. The van der Waals surface area contributed by atoms with Gasteiger partial charge in [0.05, 0.1) is 0 Å². The van der Waals surface area contributed by atoms with Crippen LogP contribution in [0.1, 0.15) is 51.4 Å². The minimum Gasteiger partial charge on any atom is -0.356 e. The largest absolute Gasteiger partial charge is 0.356 e. The van der Waals surface area contributed by atoms with Gasteiger partial charge < -0.3 is 10.2 Å². The van der Waals surface area contributed by atoms with Crippen LogP contribution in [0.2, 0.25) is 0 Å². The molecule has 1 aromatic carbocycles. The van der Waals surface area contributed by atoms with E-state index in [9.17, 15) is 4.79 Å². The van der Waals surface area contributed by atoms with Gasteiger partial charge >= 0.3 is 0 Å². The highest BCUT2D eigenvalue weighted by atomic mass is 32.1. The summed E-state index contributed by atoms with van der Waals surface area (Å²) in [6.07, 6.45) is 3.35. The monoisotopic (exact) mass is 374 g/mol. The Labute approximate surface area is 161 Å². The van der Waals surface area contributed by atoms with E-state index in [2.05, 4.69) is 47.5 Å². The van der Waals surface area contributed by atoms with Crippen molar-refractivity contribution in [3.8, 4) is 0 Å². The van der Waals surface area contributed by atoms with E-state index in [1.165, 1.54) is 17.1 Å². The normalized spacial score (nSPS) is 10.9. The number of benzene rings is 1. The quantitative estimate of drug-likeness (QED) is 0.606. The van der Waals surface area contributed by atoms with Gasteiger partial charge in [-0.25, -0.2) is 4.98 Å². The minimum atomic E-state index is 0.112. The van der Waals surface area contributed by atoms with Crippen molar-refractivity contribution in [2.45, 2.75) is 46.5 Å². The van der Waals surface area contributed by atoms with Crippen molar-refractivity contribution in [3.63, 3.8) is 0 Å². The molecule has 0 bridgehead atoms. The van der Waals surface area contributed by atoms with Crippen LogP contribution in [0.25, 0.3) is 0 Å². The smallest absolute Gasteiger partial charge is 0.221 e. The number of hydrogen-bond donors (Lipinski definition) is 1. The first-order chi connectivity index (χ1) is 12.6. The first kappa shape index (κ1) is 20.4. The van der Waals surface area contributed by atoms with Gasteiger partial charge in [-0.3, -0.25) is 4.79 Å². The number of anilines is 1. The number of amides is 1. The molecule has 0 saturated heterocycles. The zero-order valence-corrected chi connectivity index (χ0v) is 16.9. The zero-order chi connectivity index (χ0) is 18.8. The van der Waals surface area contributed by atoms with Crippen LogP contribution in [-0.4, -0.2) is 34.9 Å². The number of carbonyl (C=O) groups is 1. The second kappa shape index (κ2) is 10.9. The summed E-state index contributed by atoms with van der Waals surface area (Å²) in [6.45, 7) is 8.80. The lowest BCUT2D eigenvalue weighted by molar-refractivity contribution is -0.120. The molecular weight excluding hydrogens is 344 g/mol. The predicted molar refractivity (Wildman–Crippen MR) is 109 cm³/mol. The van der Waals surface area contributed by atoms with Crippen molar-refractivity contribution in [2.24, 2.45) is 5.92 Å². The minimum absolute atomic E-state index is 0.112. The molecule has 0 radical (unpaired) electrons. The van der Waals surface area contributed by atoms with Crippen molar-refractivity contribution in [3.05, 3.63) is 41.7 Å². The Balaban J connectivity index is 1.94. The third-order valence-corrected chi connectivity index (χ3v) is 4.79. The summed E-state index contributed by atoms with van der Waals surface area (Å²) >= 11 is 1.43. The Morgan fingerprint density at radius 1 is 1.27 bits per heavy atom. The second-order valence-electron chi connectivity index (χ2n) is 6.95. The second-order valence-corrected chi connectivity index (χ2v) is 7.68. The van der Waals surface area contributed by atoms with Crippen LogP contribution in [-0.2, 0) is 11.2 Å². The fraction of sp³-hybridized carbons (Fsp3) is 0.550. The topological polar surface area (TPSA) is 58.1 Å². The van der Waals surface area contributed by atoms with Gasteiger partial charge in [-0.2, -0.15) is 4.37 Å². The summed E-state index contributed by atoms with van der Waals surface area (Å²) in [5.74, 6) is 1.46. The summed E-state index contributed by atoms with van der Waals surface area (Å²) in [6, 6.07) is 10.3. The maximum Gasteiger partial charge on any atom is 0.221 e. The molecule has 1 N–H and O–H groups in total. The number of nitrogens with zero attached hydrogens (tertiary/aromatic N) is 3. The van der Waals surface area contributed by atoms with Crippen molar-refractivity contribution < 1.29 is 4.79 Å². The Morgan fingerprint density at radius 2 is 2.04 bits per heavy atom. The molecule has 5 nitrogen and oxygen atoms in total. The van der Waals surface area contributed by atoms with Gasteiger partial charge in [-0.1, -0.05) is 57.5 Å². The van der Waals surface area contributed by atoms with Crippen molar-refractivity contribution in [2.75, 3.05) is 24.5 Å². The first-order valence-electron chi connectivity index (χ1n) is 9.46. The predicted octanol–water partition coefficient (Wildman–Crippen LogP) is 3.90. The average molecular weight is 375 g/mol. The molecule has 2 rings (SSSR count). The Morgan fingerprint density at radius 3 is 2.73 bits per heavy atom. The fourth-order valence-electron chi connectivity index (χ4n) is 2.66. The molecule has 2 aromatic rings. The molecule has 1 heterocycles. The van der Waals surface area contributed by atoms with Crippen LogP contribution < -0.4 is 10.2 Å². The van der Waals surface area contributed by atoms with Crippen LogP contribution >= 0.6 is 11.5 Å². The van der Waals surface area contributed by atoms with Crippen LogP contribution in [0.15, 0.2) is 30.3 Å². The van der Waals surface area contributed by atoms with Crippen molar-refractivity contribution in [1.82, 2.24) is 14.7 Å². The fourth-order valence-corrected chi connectivity index (χ4v) is 3.38. The molecule has 6 heteroatoms. The third-order valence-electron chi connectivity index (χ3n) is 3.98. The zero-order valence-electron chi connectivity index (χ0n) is 16.1. The van der Waals surface area contributed by atoms with Crippen molar-refractivity contribution >= 4 is 22.6 Å². The molecule has 0 atom stereocenters. The number of rotatable bonds is 11. The van der Waals surface area contributed by atoms with Gasteiger partial charge in [0.2, 0.25) is 11.0 Å². The van der Waals surface area contributed by atoms with E-state index >= 15 is 0 Å². The van der Waals surface area contributed by atoms with E-state index in [1.54, 1.807) is 0 Å². The van der Waals surface area contributed by atoms with Crippen molar-refractivity contribution in [1.29, 1.82) is 0 Å². The molecule has 1 amide bonds. The lowest BCUT2D eigenvalue weighted by Crippen LogP contribution is -2.33. The average Bonchev–Trinajstić information content (AvgIpc) is 3.08. The molecule has 0 fully saturated rings. The highest BCUT2D eigenvalue weighted by Gasteiger charge is 2.15. The highest BCUT2D eigenvalue weighted by Crippen LogP contribution is 2.20. The molecule has 0 spiro atoms. The maximum atomic E-state index is 12.0. The van der Waals surface area contributed by atoms with E-state index in [-0.39, 0.29) is 5.91 Å². The SMILES string of the molecule is CCCCNC(=O)CCN(CC(C)C)c1nc(Cc2ccccc2)ns1. The molecule has 142 valence electrons. The molecule has 0 aliphatic rings. The lowest BCUT2D eigenvalue weighted by Gasteiger charge is -2.23. The summed E-state index contributed by atoms with van der Waals surface area (Å²) in [5, 5.41) is 3.89. The maximum absolute atomic E-state index is 12.0. The molecule has 0 unspecified atom stereocenters. The summed E-state index contributed by atoms with van der Waals surface area (Å²) in [7, 11) is 0. The number of unbranched alkanes of at least 4 members (excludes halogenated alkanes) is 1. The van der Waals surface area contributed by atoms with Gasteiger partial charge in [0.25, 0.3) is 0 Å². The van der Waals surface area contributed by atoms with Crippen LogP contribution in [0, 0.1) is 5.92 Å². The number of aromatic nitrogens is 2. The molecule has 26 heavy (non-hydrogen) atoms. The molecule has 0 saturated carbocycles. The lowest BCUT2D eigenvalue weighted by atomic mass is 10.1. The Kier molecular flexibility index (Phi) is 8.54. The van der Waals surface area contributed by atoms with Gasteiger partial charge in [-0.05, 0) is 17.9 Å². The summed E-state index contributed by atoms with van der Waals surface area (Å²) in [5.41, 5.74) is 1.21. The summed E-state index contributed by atoms with van der Waals surface area (Å²) in [4.78, 5) is 18.9.